The molecule has 0 aromatic heterocycles. The quantitative estimate of drug-likeness (QED) is 0.496. The van der Waals surface area contributed by atoms with Crippen LogP contribution in [0, 0.1) is 30.1 Å². The highest BCUT2D eigenvalue weighted by Gasteiger charge is 2.76. The molecule has 0 radical (unpaired) electrons. The summed E-state index contributed by atoms with van der Waals surface area (Å²) in [5, 5.41) is 15.5. The smallest absolute Gasteiger partial charge is 0.239 e. The van der Waals surface area contributed by atoms with Gasteiger partial charge in [-0.2, -0.15) is 0 Å². The van der Waals surface area contributed by atoms with Gasteiger partial charge in [-0.1, -0.05) is 32.0 Å². The van der Waals surface area contributed by atoms with Gasteiger partial charge in [0.15, 0.2) is 5.78 Å². The van der Waals surface area contributed by atoms with Crippen molar-refractivity contribution in [1.29, 1.82) is 0 Å². The third kappa shape index (κ3) is 1.73. The number of rotatable bonds is 2. The van der Waals surface area contributed by atoms with Crippen molar-refractivity contribution in [2.24, 2.45) is 21.4 Å². The Hall–Kier alpha value is -2.17. The molecule has 2 unspecified atom stereocenters. The van der Waals surface area contributed by atoms with Crippen molar-refractivity contribution in [3.05, 3.63) is 29.3 Å². The molecule has 5 heteroatoms. The van der Waals surface area contributed by atoms with E-state index < -0.39 is 16.2 Å². The third-order valence-corrected chi connectivity index (χ3v) is 6.82. The summed E-state index contributed by atoms with van der Waals surface area (Å²) in [6.45, 7) is 9.76. The van der Waals surface area contributed by atoms with E-state index in [1.165, 1.54) is 0 Å². The number of carbonyl (C=O) groups excluding carboxylic acids is 2. The monoisotopic (exact) mass is 328 g/mol. The molecule has 2 N–H and O–H groups in total. The molecule has 2 bridgehead atoms. The van der Waals surface area contributed by atoms with Crippen LogP contribution in [0.4, 0.5) is 5.69 Å². The Kier molecular flexibility index (Phi) is 3.41. The van der Waals surface area contributed by atoms with E-state index in [2.05, 4.69) is 10.5 Å². The molecule has 1 aromatic rings. The normalized spacial score (nSPS) is 32.4. The van der Waals surface area contributed by atoms with Gasteiger partial charge in [0.05, 0.1) is 0 Å². The van der Waals surface area contributed by atoms with Gasteiger partial charge in [-0.25, -0.2) is 0 Å². The van der Waals surface area contributed by atoms with Gasteiger partial charge in [0.25, 0.3) is 0 Å². The largest absolute Gasteiger partial charge is 0.411 e. The summed E-state index contributed by atoms with van der Waals surface area (Å²) in [4.78, 5) is 26.1. The molecule has 0 spiro atoms. The highest BCUT2D eigenvalue weighted by molar-refractivity contribution is 6.51. The first kappa shape index (κ1) is 16.7. The van der Waals surface area contributed by atoms with Crippen LogP contribution < -0.4 is 5.32 Å². The SMILES string of the molecule is Cc1ccc(NC(=O)C23CCC(C)(C(=NO)C2=O)C3(C)C)cc1C. The lowest BCUT2D eigenvalue weighted by Crippen LogP contribution is -2.47. The molecule has 3 rings (SSSR count). The van der Waals surface area contributed by atoms with E-state index in [0.29, 0.717) is 18.5 Å². The zero-order valence-electron chi connectivity index (χ0n) is 14.9. The molecule has 5 nitrogen and oxygen atoms in total. The molecular formula is C19H24N2O3. The molecule has 2 atom stereocenters. The Morgan fingerprint density at radius 1 is 1.17 bits per heavy atom. The number of nitrogens with one attached hydrogen (secondary N) is 1. The third-order valence-electron chi connectivity index (χ3n) is 6.82. The van der Waals surface area contributed by atoms with Gasteiger partial charge in [0.1, 0.15) is 11.1 Å². The van der Waals surface area contributed by atoms with Crippen LogP contribution >= 0.6 is 0 Å². The van der Waals surface area contributed by atoms with Gasteiger partial charge < -0.3 is 10.5 Å². The second-order valence-corrected chi connectivity index (χ2v) is 7.89. The number of hydrogen-bond donors (Lipinski definition) is 2. The van der Waals surface area contributed by atoms with Crippen molar-refractivity contribution in [2.75, 3.05) is 5.32 Å². The molecule has 1 amide bonds. The first-order valence-electron chi connectivity index (χ1n) is 8.28. The van der Waals surface area contributed by atoms with Crippen LogP contribution in [0.25, 0.3) is 0 Å². The Balaban J connectivity index is 2.02. The van der Waals surface area contributed by atoms with Gasteiger partial charge >= 0.3 is 0 Å². The lowest BCUT2D eigenvalue weighted by atomic mass is 9.64. The second kappa shape index (κ2) is 4.91. The number of aryl methyl sites for hydroxylation is 2. The van der Waals surface area contributed by atoms with Gasteiger partial charge in [-0.05, 0) is 55.4 Å². The minimum atomic E-state index is -1.18. The number of anilines is 1. The van der Waals surface area contributed by atoms with Crippen molar-refractivity contribution in [3.8, 4) is 0 Å². The van der Waals surface area contributed by atoms with E-state index in [1.807, 2.05) is 52.8 Å². The van der Waals surface area contributed by atoms with Gasteiger partial charge in [0.2, 0.25) is 5.91 Å². The molecule has 2 aliphatic carbocycles. The summed E-state index contributed by atoms with van der Waals surface area (Å²) in [6, 6.07) is 5.70. The molecule has 0 aliphatic heterocycles. The van der Waals surface area contributed by atoms with Crippen molar-refractivity contribution in [3.63, 3.8) is 0 Å². The lowest BCUT2D eigenvalue weighted by molar-refractivity contribution is -0.140. The van der Waals surface area contributed by atoms with Crippen molar-refractivity contribution in [2.45, 2.75) is 47.5 Å². The number of carbonyl (C=O) groups is 2. The number of benzene rings is 1. The van der Waals surface area contributed by atoms with E-state index in [1.54, 1.807) is 0 Å². The molecule has 2 saturated carbocycles. The summed E-state index contributed by atoms with van der Waals surface area (Å²) in [5.74, 6) is -0.645. The Morgan fingerprint density at radius 2 is 1.83 bits per heavy atom. The summed E-state index contributed by atoms with van der Waals surface area (Å²) >= 11 is 0. The van der Waals surface area contributed by atoms with E-state index >= 15 is 0 Å². The number of ketones is 1. The van der Waals surface area contributed by atoms with Crippen molar-refractivity contribution >= 4 is 23.1 Å². The topological polar surface area (TPSA) is 78.8 Å². The Labute approximate surface area is 142 Å². The summed E-state index contributed by atoms with van der Waals surface area (Å²) < 4.78 is 0. The number of hydrogen-bond acceptors (Lipinski definition) is 4. The van der Waals surface area contributed by atoms with Crippen LogP contribution in [-0.2, 0) is 9.59 Å². The predicted octanol–water partition coefficient (Wildman–Crippen LogP) is 3.47. The average molecular weight is 328 g/mol. The number of nitrogens with zero attached hydrogens (tertiary/aromatic N) is 1. The average Bonchev–Trinajstić information content (AvgIpc) is 2.79. The molecule has 0 saturated heterocycles. The van der Waals surface area contributed by atoms with Crippen molar-refractivity contribution in [1.82, 2.24) is 0 Å². The molecule has 1 aromatic carbocycles. The second-order valence-electron chi connectivity index (χ2n) is 7.89. The molecule has 24 heavy (non-hydrogen) atoms. The van der Waals surface area contributed by atoms with Gasteiger partial charge in [-0.3, -0.25) is 9.59 Å². The number of fused-ring (bicyclic) bond motifs is 2. The summed E-state index contributed by atoms with van der Waals surface area (Å²) in [7, 11) is 0. The van der Waals surface area contributed by atoms with Crippen LogP contribution in [0.3, 0.4) is 0 Å². The van der Waals surface area contributed by atoms with E-state index in [9.17, 15) is 14.8 Å². The minimum Gasteiger partial charge on any atom is -0.411 e. The first-order chi connectivity index (χ1) is 11.1. The Morgan fingerprint density at radius 3 is 2.38 bits per heavy atom. The standard InChI is InChI=1S/C19H24N2O3/c1-11-6-7-13(10-12(11)2)20-16(23)19-9-8-18(5,17(19,3)4)14(21-24)15(19)22/h6-7,10,24H,8-9H2,1-5H3,(H,20,23). The fourth-order valence-electron chi connectivity index (χ4n) is 4.51. The molecule has 0 heterocycles. The van der Waals surface area contributed by atoms with Crippen LogP contribution in [0.2, 0.25) is 0 Å². The van der Waals surface area contributed by atoms with Crippen LogP contribution in [0.15, 0.2) is 23.4 Å². The fraction of sp³-hybridized carbons (Fsp3) is 0.526. The van der Waals surface area contributed by atoms with Crippen LogP contribution in [-0.4, -0.2) is 22.6 Å². The Bertz CT molecular complexity index is 781. The molecule has 2 aliphatic rings. The number of amides is 1. The fourth-order valence-corrected chi connectivity index (χ4v) is 4.51. The van der Waals surface area contributed by atoms with Crippen molar-refractivity contribution < 1.29 is 14.8 Å². The van der Waals surface area contributed by atoms with Gasteiger partial charge in [0, 0.05) is 11.1 Å². The zero-order valence-corrected chi connectivity index (χ0v) is 14.9. The van der Waals surface area contributed by atoms with Gasteiger partial charge in [-0.15, -0.1) is 0 Å². The predicted molar refractivity (Wildman–Crippen MR) is 92.3 cm³/mol. The lowest BCUT2D eigenvalue weighted by Gasteiger charge is -2.37. The maximum absolute atomic E-state index is 13.2. The molecule has 128 valence electrons. The number of Topliss-reactive ketones (excluding diaryl/α,β-unsaturated/α-hetero) is 1. The van der Waals surface area contributed by atoms with E-state index in [-0.39, 0.29) is 17.4 Å². The summed E-state index contributed by atoms with van der Waals surface area (Å²) in [5.41, 5.74) is 0.671. The first-order valence-corrected chi connectivity index (χ1v) is 8.28. The minimum absolute atomic E-state index is 0.133. The maximum Gasteiger partial charge on any atom is 0.239 e. The highest BCUT2D eigenvalue weighted by Crippen LogP contribution is 2.69. The van der Waals surface area contributed by atoms with E-state index in [4.69, 9.17) is 0 Å². The highest BCUT2D eigenvalue weighted by atomic mass is 16.4. The number of oxime groups is 1. The zero-order chi connectivity index (χ0) is 17.9. The summed E-state index contributed by atoms with van der Waals surface area (Å²) in [6.07, 6.45) is 1.14. The van der Waals surface area contributed by atoms with E-state index in [0.717, 1.165) is 11.1 Å². The van der Waals surface area contributed by atoms with Crippen LogP contribution in [0.1, 0.15) is 44.7 Å². The molecular weight excluding hydrogens is 304 g/mol. The molecule has 2 fully saturated rings. The maximum atomic E-state index is 13.2. The van der Waals surface area contributed by atoms with Crippen LogP contribution in [0.5, 0.6) is 0 Å².